The molecule has 2 aromatic heterocycles. The van der Waals surface area contributed by atoms with Crippen LogP contribution in [0, 0.1) is 0 Å². The lowest BCUT2D eigenvalue weighted by atomic mass is 10.2. The maximum Gasteiger partial charge on any atom is 0.272 e. The second kappa shape index (κ2) is 8.38. The Kier molecular flexibility index (Phi) is 5.50. The fourth-order valence-corrected chi connectivity index (χ4v) is 3.57. The molecular formula is C19H24N8O2. The molecule has 2 fully saturated rings. The van der Waals surface area contributed by atoms with Crippen molar-refractivity contribution in [3.05, 3.63) is 36.4 Å². The molecule has 10 nitrogen and oxygen atoms in total. The molecule has 10 heteroatoms. The minimum Gasteiger partial charge on any atom is -0.339 e. The first-order valence-electron chi connectivity index (χ1n) is 9.76. The van der Waals surface area contributed by atoms with Gasteiger partial charge in [-0.25, -0.2) is 19.9 Å². The van der Waals surface area contributed by atoms with Gasteiger partial charge in [-0.15, -0.1) is 0 Å². The van der Waals surface area contributed by atoms with Crippen molar-refractivity contribution in [3.8, 4) is 0 Å². The highest BCUT2D eigenvalue weighted by Crippen LogP contribution is 2.15. The molecule has 0 spiro atoms. The van der Waals surface area contributed by atoms with E-state index in [1.807, 2.05) is 4.90 Å². The summed E-state index contributed by atoms with van der Waals surface area (Å²) in [6.07, 6.45) is 5.07. The van der Waals surface area contributed by atoms with Crippen LogP contribution in [0.1, 0.15) is 17.4 Å². The van der Waals surface area contributed by atoms with Gasteiger partial charge in [-0.05, 0) is 12.1 Å². The summed E-state index contributed by atoms with van der Waals surface area (Å²) in [7, 11) is 0. The molecule has 0 saturated carbocycles. The molecule has 4 rings (SSSR count). The first-order valence-corrected chi connectivity index (χ1v) is 9.76. The van der Waals surface area contributed by atoms with Crippen LogP contribution in [0.4, 0.5) is 11.9 Å². The minimum absolute atomic E-state index is 0.0783. The first kappa shape index (κ1) is 19.0. The number of anilines is 2. The Balaban J connectivity index is 1.37. The topological polar surface area (TPSA) is 98.7 Å². The Morgan fingerprint density at radius 3 is 1.93 bits per heavy atom. The third kappa shape index (κ3) is 4.25. The van der Waals surface area contributed by atoms with Crippen molar-refractivity contribution in [3.63, 3.8) is 0 Å². The molecular weight excluding hydrogens is 372 g/mol. The van der Waals surface area contributed by atoms with Gasteiger partial charge in [-0.2, -0.15) is 0 Å². The maximum atomic E-state index is 12.9. The second-order valence-electron chi connectivity index (χ2n) is 7.06. The molecule has 4 heterocycles. The van der Waals surface area contributed by atoms with Crippen LogP contribution in [0.15, 0.2) is 30.7 Å². The quantitative estimate of drug-likeness (QED) is 0.709. The number of carbonyl (C=O) groups is 2. The summed E-state index contributed by atoms with van der Waals surface area (Å²) in [6.45, 7) is 6.72. The molecule has 0 radical (unpaired) electrons. The Hall–Kier alpha value is -3.30. The fraction of sp³-hybridized carbons (Fsp3) is 0.474. The van der Waals surface area contributed by atoms with Gasteiger partial charge in [0, 0.05) is 77.9 Å². The molecule has 2 aliphatic rings. The van der Waals surface area contributed by atoms with Crippen LogP contribution in [-0.2, 0) is 4.79 Å². The van der Waals surface area contributed by atoms with Crippen LogP contribution in [0.5, 0.6) is 0 Å². The smallest absolute Gasteiger partial charge is 0.272 e. The van der Waals surface area contributed by atoms with Gasteiger partial charge < -0.3 is 19.6 Å². The number of piperazine rings is 2. The maximum absolute atomic E-state index is 12.9. The van der Waals surface area contributed by atoms with Crippen molar-refractivity contribution >= 4 is 23.7 Å². The van der Waals surface area contributed by atoms with Gasteiger partial charge in [0.15, 0.2) is 0 Å². The number of carbonyl (C=O) groups excluding carboxylic acids is 2. The molecule has 152 valence electrons. The summed E-state index contributed by atoms with van der Waals surface area (Å²) in [5.41, 5.74) is 0.397. The summed E-state index contributed by atoms with van der Waals surface area (Å²) in [5, 5.41) is 0. The van der Waals surface area contributed by atoms with E-state index in [4.69, 9.17) is 0 Å². The van der Waals surface area contributed by atoms with Gasteiger partial charge in [0.2, 0.25) is 17.8 Å². The van der Waals surface area contributed by atoms with Gasteiger partial charge in [0.05, 0.1) is 0 Å². The zero-order chi connectivity index (χ0) is 20.2. The Morgan fingerprint density at radius 1 is 0.759 bits per heavy atom. The third-order valence-electron chi connectivity index (χ3n) is 5.27. The molecule has 2 aromatic rings. The first-order chi connectivity index (χ1) is 14.1. The van der Waals surface area contributed by atoms with Crippen LogP contribution in [0.25, 0.3) is 0 Å². The number of aromatic nitrogens is 4. The average molecular weight is 396 g/mol. The van der Waals surface area contributed by atoms with E-state index in [1.54, 1.807) is 47.4 Å². The second-order valence-corrected chi connectivity index (χ2v) is 7.06. The summed E-state index contributed by atoms with van der Waals surface area (Å²) in [4.78, 5) is 49.5. The number of nitrogens with zero attached hydrogens (tertiary/aromatic N) is 8. The monoisotopic (exact) mass is 396 g/mol. The number of hydrogen-bond acceptors (Lipinski definition) is 8. The summed E-state index contributed by atoms with van der Waals surface area (Å²) in [6, 6.07) is 3.44. The van der Waals surface area contributed by atoms with E-state index >= 15 is 0 Å². The van der Waals surface area contributed by atoms with Crippen molar-refractivity contribution in [2.75, 3.05) is 62.2 Å². The zero-order valence-electron chi connectivity index (χ0n) is 16.4. The van der Waals surface area contributed by atoms with E-state index in [9.17, 15) is 9.59 Å². The molecule has 0 aliphatic carbocycles. The highest BCUT2D eigenvalue weighted by molar-refractivity contribution is 5.92. The van der Waals surface area contributed by atoms with Crippen molar-refractivity contribution in [1.82, 2.24) is 29.7 Å². The van der Waals surface area contributed by atoms with Crippen LogP contribution >= 0.6 is 0 Å². The minimum atomic E-state index is -0.0929. The lowest BCUT2D eigenvalue weighted by Crippen LogP contribution is -2.50. The largest absolute Gasteiger partial charge is 0.339 e. The molecule has 0 unspecified atom stereocenters. The van der Waals surface area contributed by atoms with Gasteiger partial charge in [0.1, 0.15) is 5.69 Å². The average Bonchev–Trinajstić information content (AvgIpc) is 2.79. The molecule has 29 heavy (non-hydrogen) atoms. The standard InChI is InChI=1S/C19H24N8O2/c1-15(28)24-7-11-27(12-8-24)19-22-6-3-16(23-19)17(29)25-9-13-26(14-10-25)18-20-4-2-5-21-18/h2-6H,7-14H2,1H3. The number of hydrogen-bond donors (Lipinski definition) is 0. The van der Waals surface area contributed by atoms with Gasteiger partial charge in [-0.1, -0.05) is 0 Å². The van der Waals surface area contributed by atoms with Crippen LogP contribution in [-0.4, -0.2) is 93.9 Å². The van der Waals surface area contributed by atoms with Crippen molar-refractivity contribution < 1.29 is 9.59 Å². The Morgan fingerprint density at radius 2 is 1.31 bits per heavy atom. The molecule has 0 aromatic carbocycles. The lowest BCUT2D eigenvalue weighted by Gasteiger charge is -2.35. The normalized spacial score (nSPS) is 17.4. The predicted molar refractivity (Wildman–Crippen MR) is 107 cm³/mol. The number of rotatable bonds is 3. The van der Waals surface area contributed by atoms with Crippen molar-refractivity contribution in [2.24, 2.45) is 0 Å². The van der Waals surface area contributed by atoms with Crippen LogP contribution < -0.4 is 9.80 Å². The van der Waals surface area contributed by atoms with E-state index in [1.165, 1.54) is 0 Å². The molecule has 2 amide bonds. The number of amides is 2. The SMILES string of the molecule is CC(=O)N1CCN(c2nccc(C(=O)N3CCN(c4ncccn4)CC3)n2)CC1. The Bertz CT molecular complexity index is 862. The third-order valence-corrected chi connectivity index (χ3v) is 5.27. The summed E-state index contributed by atoms with van der Waals surface area (Å²) >= 11 is 0. The summed E-state index contributed by atoms with van der Waals surface area (Å²) < 4.78 is 0. The van der Waals surface area contributed by atoms with E-state index in [0.717, 1.165) is 0 Å². The highest BCUT2D eigenvalue weighted by Gasteiger charge is 2.26. The van der Waals surface area contributed by atoms with E-state index in [2.05, 4.69) is 24.8 Å². The van der Waals surface area contributed by atoms with Crippen molar-refractivity contribution in [2.45, 2.75) is 6.92 Å². The molecule has 0 bridgehead atoms. The molecule has 0 atom stereocenters. The van der Waals surface area contributed by atoms with Crippen LogP contribution in [0.2, 0.25) is 0 Å². The van der Waals surface area contributed by atoms with E-state index in [0.29, 0.717) is 69.9 Å². The van der Waals surface area contributed by atoms with Crippen molar-refractivity contribution in [1.29, 1.82) is 0 Å². The predicted octanol–water partition coefficient (Wildman–Crippen LogP) is -0.102. The van der Waals surface area contributed by atoms with Gasteiger partial charge in [-0.3, -0.25) is 9.59 Å². The molecule has 2 aliphatic heterocycles. The van der Waals surface area contributed by atoms with Crippen LogP contribution in [0.3, 0.4) is 0 Å². The lowest BCUT2D eigenvalue weighted by molar-refractivity contribution is -0.129. The Labute approximate surface area is 169 Å². The molecule has 0 N–H and O–H groups in total. The van der Waals surface area contributed by atoms with E-state index in [-0.39, 0.29) is 11.8 Å². The molecule has 2 saturated heterocycles. The zero-order valence-corrected chi connectivity index (χ0v) is 16.4. The summed E-state index contributed by atoms with van der Waals surface area (Å²) in [5.74, 6) is 1.21. The van der Waals surface area contributed by atoms with Gasteiger partial charge >= 0.3 is 0 Å². The van der Waals surface area contributed by atoms with Gasteiger partial charge in [0.25, 0.3) is 5.91 Å². The van der Waals surface area contributed by atoms with E-state index < -0.39 is 0 Å². The fourth-order valence-electron chi connectivity index (χ4n) is 3.57. The highest BCUT2D eigenvalue weighted by atomic mass is 16.2.